The van der Waals surface area contributed by atoms with Gasteiger partial charge in [0.25, 0.3) is 5.69 Å². The lowest BCUT2D eigenvalue weighted by atomic mass is 10.2. The largest absolute Gasteiger partial charge is 0.373 e. The molecule has 94 valence electrons. The molecule has 0 amide bonds. The van der Waals surface area contributed by atoms with Crippen molar-refractivity contribution in [3.05, 3.63) is 55.2 Å². The molecule has 1 aromatic heterocycles. The highest BCUT2D eigenvalue weighted by molar-refractivity contribution is 7.10. The molecule has 0 saturated carbocycles. The zero-order valence-electron chi connectivity index (χ0n) is 9.64. The molecule has 4 nitrogen and oxygen atoms in total. The van der Waals surface area contributed by atoms with Crippen LogP contribution in [0.1, 0.15) is 10.4 Å². The second-order valence-electron chi connectivity index (χ2n) is 3.77. The lowest BCUT2D eigenvalue weighted by Crippen LogP contribution is -2.02. The maximum absolute atomic E-state index is 10.9. The van der Waals surface area contributed by atoms with E-state index in [1.54, 1.807) is 23.5 Å². The minimum absolute atomic E-state index is 0.00305. The Balaban J connectivity index is 2.24. The van der Waals surface area contributed by atoms with Crippen LogP contribution in [-0.4, -0.2) is 4.92 Å². The molecule has 0 unspecified atom stereocenters. The molecule has 1 aromatic carbocycles. The summed E-state index contributed by atoms with van der Waals surface area (Å²) in [5.41, 5.74) is 1.54. The number of rotatable bonds is 4. The van der Waals surface area contributed by atoms with Crippen LogP contribution in [0.4, 0.5) is 11.4 Å². The molecule has 0 saturated heterocycles. The van der Waals surface area contributed by atoms with Gasteiger partial charge in [0.15, 0.2) is 0 Å². The maximum atomic E-state index is 10.9. The fourth-order valence-electron chi connectivity index (χ4n) is 1.59. The summed E-state index contributed by atoms with van der Waals surface area (Å²) in [5.74, 6) is 0. The zero-order valence-corrected chi connectivity index (χ0v) is 11.2. The molecule has 2 rings (SSSR count). The van der Waals surface area contributed by atoms with Crippen LogP contribution in [0.3, 0.4) is 0 Å². The van der Waals surface area contributed by atoms with Crippen LogP contribution in [0.25, 0.3) is 0 Å². The number of para-hydroxylation sites is 1. The Bertz CT molecular complexity index is 583. The second kappa shape index (κ2) is 5.37. The summed E-state index contributed by atoms with van der Waals surface area (Å²) < 4.78 is 0. The number of aryl methyl sites for hydroxylation is 1. The van der Waals surface area contributed by atoms with Gasteiger partial charge in [0.1, 0.15) is 5.69 Å². The minimum Gasteiger partial charge on any atom is -0.373 e. The molecule has 0 radical (unpaired) electrons. The second-order valence-corrected chi connectivity index (χ2v) is 5.18. The van der Waals surface area contributed by atoms with Crippen LogP contribution in [0.2, 0.25) is 5.02 Å². The van der Waals surface area contributed by atoms with Crippen molar-refractivity contribution in [1.82, 2.24) is 0 Å². The van der Waals surface area contributed by atoms with Crippen molar-refractivity contribution in [2.45, 2.75) is 13.5 Å². The predicted octanol–water partition coefficient (Wildman–Crippen LogP) is 4.23. The molecule has 1 N–H and O–H groups in total. The number of nitro groups is 1. The highest BCUT2D eigenvalue weighted by atomic mass is 35.5. The van der Waals surface area contributed by atoms with E-state index >= 15 is 0 Å². The molecule has 0 aliphatic carbocycles. The normalized spacial score (nSPS) is 10.3. The van der Waals surface area contributed by atoms with Gasteiger partial charge in [-0.05, 0) is 30.0 Å². The molecule has 18 heavy (non-hydrogen) atoms. The molecular formula is C12H11ClN2O2S. The van der Waals surface area contributed by atoms with E-state index in [2.05, 4.69) is 5.32 Å². The topological polar surface area (TPSA) is 55.2 Å². The van der Waals surface area contributed by atoms with Gasteiger partial charge in [-0.2, -0.15) is 0 Å². The van der Waals surface area contributed by atoms with Gasteiger partial charge in [-0.3, -0.25) is 10.1 Å². The Morgan fingerprint density at radius 2 is 2.22 bits per heavy atom. The van der Waals surface area contributed by atoms with E-state index in [-0.39, 0.29) is 5.69 Å². The molecule has 0 aliphatic rings. The molecule has 0 atom stereocenters. The summed E-state index contributed by atoms with van der Waals surface area (Å²) in [5, 5.41) is 16.3. The number of thiophene rings is 1. The summed E-state index contributed by atoms with van der Waals surface area (Å²) in [6, 6.07) is 6.67. The van der Waals surface area contributed by atoms with Gasteiger partial charge >= 0.3 is 0 Å². The third-order valence-electron chi connectivity index (χ3n) is 2.58. The van der Waals surface area contributed by atoms with Gasteiger partial charge in [0, 0.05) is 17.5 Å². The maximum Gasteiger partial charge on any atom is 0.293 e. The van der Waals surface area contributed by atoms with Gasteiger partial charge in [0.05, 0.1) is 9.95 Å². The monoisotopic (exact) mass is 282 g/mol. The lowest BCUT2D eigenvalue weighted by molar-refractivity contribution is -0.383. The number of benzene rings is 1. The van der Waals surface area contributed by atoms with Crippen molar-refractivity contribution in [3.63, 3.8) is 0 Å². The van der Waals surface area contributed by atoms with Crippen LogP contribution < -0.4 is 5.32 Å². The Kier molecular flexibility index (Phi) is 3.84. The first-order chi connectivity index (χ1) is 8.59. The van der Waals surface area contributed by atoms with E-state index in [0.717, 1.165) is 4.88 Å². The number of nitro benzene ring substituents is 1. The summed E-state index contributed by atoms with van der Waals surface area (Å²) in [4.78, 5) is 11.6. The third-order valence-corrected chi connectivity index (χ3v) is 3.92. The molecule has 1 heterocycles. The van der Waals surface area contributed by atoms with Gasteiger partial charge in [-0.25, -0.2) is 0 Å². The Labute approximate surface area is 113 Å². The van der Waals surface area contributed by atoms with Crippen LogP contribution in [0, 0.1) is 17.0 Å². The van der Waals surface area contributed by atoms with Crippen LogP contribution in [-0.2, 0) is 6.54 Å². The number of anilines is 1. The highest BCUT2D eigenvalue weighted by Gasteiger charge is 2.16. The summed E-state index contributed by atoms with van der Waals surface area (Å²) in [6.45, 7) is 2.54. The van der Waals surface area contributed by atoms with Crippen molar-refractivity contribution >= 4 is 34.3 Å². The first-order valence-corrected chi connectivity index (χ1v) is 6.55. The highest BCUT2D eigenvalue weighted by Crippen LogP contribution is 2.32. The van der Waals surface area contributed by atoms with Gasteiger partial charge < -0.3 is 5.32 Å². The van der Waals surface area contributed by atoms with Crippen molar-refractivity contribution in [2.24, 2.45) is 0 Å². The first kappa shape index (κ1) is 12.9. The fourth-order valence-corrected chi connectivity index (χ4v) is 2.68. The summed E-state index contributed by atoms with van der Waals surface area (Å²) in [6.07, 6.45) is 0. The Morgan fingerprint density at radius 1 is 1.44 bits per heavy atom. The molecular weight excluding hydrogens is 272 g/mol. The number of hydrogen-bond donors (Lipinski definition) is 1. The first-order valence-electron chi connectivity index (χ1n) is 5.29. The van der Waals surface area contributed by atoms with Crippen molar-refractivity contribution in [1.29, 1.82) is 0 Å². The number of hydrogen-bond acceptors (Lipinski definition) is 4. The summed E-state index contributed by atoms with van der Waals surface area (Å²) in [7, 11) is 0. The van der Waals surface area contributed by atoms with E-state index in [0.29, 0.717) is 17.3 Å². The quantitative estimate of drug-likeness (QED) is 0.674. The smallest absolute Gasteiger partial charge is 0.293 e. The molecule has 2 aromatic rings. The van der Waals surface area contributed by atoms with Crippen molar-refractivity contribution < 1.29 is 4.92 Å². The predicted molar refractivity (Wildman–Crippen MR) is 74.5 cm³/mol. The van der Waals surface area contributed by atoms with Crippen LogP contribution in [0.5, 0.6) is 0 Å². The van der Waals surface area contributed by atoms with Crippen LogP contribution in [0.15, 0.2) is 29.6 Å². The van der Waals surface area contributed by atoms with Gasteiger partial charge in [-0.15, -0.1) is 11.3 Å². The van der Waals surface area contributed by atoms with Crippen molar-refractivity contribution in [2.75, 3.05) is 5.32 Å². The van der Waals surface area contributed by atoms with Crippen LogP contribution >= 0.6 is 22.9 Å². The number of halogens is 1. The molecule has 0 bridgehead atoms. The van der Waals surface area contributed by atoms with Gasteiger partial charge in [0.2, 0.25) is 0 Å². The fraction of sp³-hybridized carbons (Fsp3) is 0.167. The standard InChI is InChI=1S/C12H11ClN2O2S/c1-8-5-6-18-11(8)7-14-12-9(13)3-2-4-10(12)15(16)17/h2-6,14H,7H2,1H3. The Hall–Kier alpha value is -1.59. The number of nitrogens with one attached hydrogen (secondary N) is 1. The average molecular weight is 283 g/mol. The van der Waals surface area contributed by atoms with Crippen molar-refractivity contribution in [3.8, 4) is 0 Å². The molecule has 0 spiro atoms. The molecule has 0 fully saturated rings. The van der Waals surface area contributed by atoms with Gasteiger partial charge in [-0.1, -0.05) is 17.7 Å². The number of nitrogens with zero attached hydrogens (tertiary/aromatic N) is 1. The van der Waals surface area contributed by atoms with E-state index in [1.807, 2.05) is 18.4 Å². The molecule has 6 heteroatoms. The zero-order chi connectivity index (χ0) is 13.1. The average Bonchev–Trinajstić information content (AvgIpc) is 2.73. The lowest BCUT2D eigenvalue weighted by Gasteiger charge is -2.08. The SMILES string of the molecule is Cc1ccsc1CNc1c(Cl)cccc1[N+](=O)[O-]. The van der Waals surface area contributed by atoms with E-state index in [1.165, 1.54) is 11.6 Å². The minimum atomic E-state index is -0.435. The van der Waals surface area contributed by atoms with E-state index in [9.17, 15) is 10.1 Å². The third kappa shape index (κ3) is 2.63. The summed E-state index contributed by atoms with van der Waals surface area (Å²) >= 11 is 7.60. The van der Waals surface area contributed by atoms with E-state index in [4.69, 9.17) is 11.6 Å². The van der Waals surface area contributed by atoms with E-state index < -0.39 is 4.92 Å². The molecule has 0 aliphatic heterocycles. The Morgan fingerprint density at radius 3 is 2.83 bits per heavy atom.